The summed E-state index contributed by atoms with van der Waals surface area (Å²) in [5, 5.41) is 9.34. The number of hydrogen-bond donors (Lipinski definition) is 1. The molecule has 0 radical (unpaired) electrons. The molecule has 1 aromatic carbocycles. The second-order valence-electron chi connectivity index (χ2n) is 20.1. The minimum absolute atomic E-state index is 0. The van der Waals surface area contributed by atoms with E-state index in [-0.39, 0.29) is 143 Å². The Labute approximate surface area is 539 Å². The summed E-state index contributed by atoms with van der Waals surface area (Å²) in [5.41, 5.74) is 1.87. The van der Waals surface area contributed by atoms with Crippen molar-refractivity contribution < 1.29 is 160 Å². The Kier molecular flexibility index (Phi) is 37.4. The number of ether oxygens (including phenoxy) is 10. The first-order chi connectivity index (χ1) is 38.9. The molecule has 0 aromatic heterocycles. The second-order valence-corrected chi connectivity index (χ2v) is 24.6. The molecule has 0 bridgehead atoms. The molecule has 0 amide bonds. The summed E-state index contributed by atoms with van der Waals surface area (Å²) in [6.45, 7) is 14.9. The average Bonchev–Trinajstić information content (AvgIpc) is 1.74. The van der Waals surface area contributed by atoms with Gasteiger partial charge in [-0.25, -0.2) is 29.8 Å². The first kappa shape index (κ1) is 77.8. The van der Waals surface area contributed by atoms with Gasteiger partial charge in [-0.1, -0.05) is 26.8 Å². The smallest absolute Gasteiger partial charge is 0.748 e. The number of allylic oxidation sites excluding steroid dienone is 3. The Morgan fingerprint density at radius 2 is 1.15 bits per heavy atom. The van der Waals surface area contributed by atoms with Gasteiger partial charge in [-0.15, -0.1) is 0 Å². The topological polar surface area (TPSA) is 321 Å². The van der Waals surface area contributed by atoms with Crippen molar-refractivity contribution in [3.63, 3.8) is 0 Å². The van der Waals surface area contributed by atoms with Gasteiger partial charge >= 0.3 is 65.1 Å². The monoisotopic (exact) mass is 1260 g/mol. The minimum atomic E-state index is -4.91. The van der Waals surface area contributed by atoms with Crippen LogP contribution >= 0.6 is 0 Å². The van der Waals surface area contributed by atoms with Gasteiger partial charge in [0.15, 0.2) is 6.54 Å². The molecular formula is C55H82N2Na2O22S3. The fourth-order valence-corrected chi connectivity index (χ4v) is 10.3. The van der Waals surface area contributed by atoms with Crippen molar-refractivity contribution in [1.29, 1.82) is 0 Å². The molecule has 4 rings (SSSR count). The predicted octanol–water partition coefficient (Wildman–Crippen LogP) is -2.43. The van der Waals surface area contributed by atoms with Crippen LogP contribution in [-0.4, -0.2) is 214 Å². The Morgan fingerprint density at radius 1 is 0.655 bits per heavy atom. The molecule has 1 unspecified atom stereocenters. The van der Waals surface area contributed by atoms with E-state index in [1.165, 1.54) is 18.2 Å². The molecule has 84 heavy (non-hydrogen) atoms. The van der Waals surface area contributed by atoms with Crippen LogP contribution in [0.3, 0.4) is 0 Å². The van der Waals surface area contributed by atoms with Gasteiger partial charge < -0.3 is 75.5 Å². The van der Waals surface area contributed by atoms with Gasteiger partial charge in [-0.05, 0) is 78.8 Å². The Balaban J connectivity index is 0.0000120. The van der Waals surface area contributed by atoms with Crippen LogP contribution < -0.4 is 73.9 Å². The Morgan fingerprint density at radius 3 is 1.65 bits per heavy atom. The molecule has 1 atom stereocenters. The van der Waals surface area contributed by atoms with E-state index in [1.807, 2.05) is 33.7 Å². The summed E-state index contributed by atoms with van der Waals surface area (Å²) in [7, 11) is -12.4. The molecule has 1 aliphatic carbocycles. The van der Waals surface area contributed by atoms with Crippen LogP contribution in [0.5, 0.6) is 0 Å². The summed E-state index contributed by atoms with van der Waals surface area (Å²) in [4.78, 5) is 12.0. The van der Waals surface area contributed by atoms with E-state index >= 15 is 0 Å². The standard InChI is InChI=1S/C55H84N2O22S3.2Na/c1-54(2,3)48-42-45(79-51-41-44(11-13-47(48)51)56(17-8-40-81(63,64)65)18-21-71-26-29-75-34-37-77-32-31-73-24-23-69-5)9-6-10-52-55(4,16-7-39-80(60,61)62)49-43-46(82(66,67)68)12-14-50(49)57(52)19-22-72-27-30-76-35-38-78-36-33-74-28-25-70-20-15-53(58)59;;/h6,9-14,41-43H,7-8,15-40H2,1-5H3,(H3-,58,59,60,61,62,63,64,65,66,67,68);;/q;2*+1/p-2. The molecule has 0 saturated heterocycles. The van der Waals surface area contributed by atoms with Crippen molar-refractivity contribution in [2.75, 3.05) is 169 Å². The largest absolute Gasteiger partial charge is 1.00 e. The number of fused-ring (bicyclic) bond motifs is 2. The summed E-state index contributed by atoms with van der Waals surface area (Å²) in [6, 6.07) is 11.6. The van der Waals surface area contributed by atoms with Crippen LogP contribution in [0.1, 0.15) is 70.3 Å². The first-order valence-electron chi connectivity index (χ1n) is 27.1. The third-order valence-electron chi connectivity index (χ3n) is 12.8. The first-order valence-corrected chi connectivity index (χ1v) is 31.7. The van der Waals surface area contributed by atoms with Crippen molar-refractivity contribution in [3.05, 3.63) is 82.6 Å². The van der Waals surface area contributed by atoms with Gasteiger partial charge in [0, 0.05) is 60.0 Å². The van der Waals surface area contributed by atoms with Gasteiger partial charge in [0.05, 0.1) is 157 Å². The van der Waals surface area contributed by atoms with E-state index in [0.717, 1.165) is 11.1 Å². The molecule has 2 aliphatic heterocycles. The number of carboxylic acid groups (broad SMARTS) is 1. The number of aliphatic carboxylic acids is 1. The van der Waals surface area contributed by atoms with Crippen molar-refractivity contribution in [2.45, 2.75) is 69.1 Å². The van der Waals surface area contributed by atoms with E-state index < -0.39 is 58.1 Å². The Bertz CT molecular complexity index is 2860. The molecule has 0 saturated carbocycles. The number of rotatable bonds is 44. The molecule has 0 fully saturated rings. The molecule has 2 heterocycles. The van der Waals surface area contributed by atoms with Gasteiger partial charge in [0.25, 0.3) is 0 Å². The van der Waals surface area contributed by atoms with E-state index in [0.29, 0.717) is 126 Å². The van der Waals surface area contributed by atoms with Crippen LogP contribution in [-0.2, 0) is 93.3 Å². The van der Waals surface area contributed by atoms with E-state index in [2.05, 4.69) is 20.8 Å². The van der Waals surface area contributed by atoms with Crippen molar-refractivity contribution in [2.24, 2.45) is 0 Å². The molecule has 3 aliphatic rings. The molecule has 1 aromatic rings. The van der Waals surface area contributed by atoms with Gasteiger partial charge in [-0.3, -0.25) is 4.79 Å². The molecule has 464 valence electrons. The Hall–Kier alpha value is -2.27. The molecule has 29 heteroatoms. The van der Waals surface area contributed by atoms with Crippen LogP contribution in [0, 0.1) is 0 Å². The third-order valence-corrected chi connectivity index (χ3v) is 15.2. The summed E-state index contributed by atoms with van der Waals surface area (Å²) in [6.07, 6.45) is 5.29. The number of anilines is 1. The zero-order valence-electron chi connectivity index (χ0n) is 49.7. The maximum Gasteiger partial charge on any atom is 1.00 e. The maximum atomic E-state index is 12.4. The zero-order valence-corrected chi connectivity index (χ0v) is 56.2. The summed E-state index contributed by atoms with van der Waals surface area (Å²) < 4.78 is 171. The predicted molar refractivity (Wildman–Crippen MR) is 300 cm³/mol. The summed E-state index contributed by atoms with van der Waals surface area (Å²) >= 11 is 0. The fourth-order valence-electron chi connectivity index (χ4n) is 8.80. The average molecular weight is 1270 g/mol. The molecule has 1 N–H and O–H groups in total. The van der Waals surface area contributed by atoms with E-state index in [9.17, 15) is 43.7 Å². The molecule has 0 spiro atoms. The van der Waals surface area contributed by atoms with Gasteiger partial charge in [0.2, 0.25) is 5.36 Å². The van der Waals surface area contributed by atoms with Crippen molar-refractivity contribution in [3.8, 4) is 11.3 Å². The maximum absolute atomic E-state index is 12.4. The quantitative estimate of drug-likeness (QED) is 0.0266. The van der Waals surface area contributed by atoms with Crippen LogP contribution in [0.2, 0.25) is 0 Å². The number of methoxy groups -OCH3 is 1. The normalized spacial score (nSPS) is 15.7. The van der Waals surface area contributed by atoms with Crippen molar-refractivity contribution in [1.82, 2.24) is 4.58 Å². The SMILES string of the molecule is COCCOCCOCCOCCOCC[N+](CCCS(=O)(=O)[O-])=c1ccc2c(C(C)(C)C)cc(/C=C/C=C3/N(CCOCCOCCOCCOCCOCCC(=O)O)c4ccc(S(=O)(=O)[O-])cc4C3(C)CCCS(=O)(=O)[O-])oc-2c1.[Na+].[Na+]. The molecular weight excluding hydrogens is 1180 g/mol. The molecule has 24 nitrogen and oxygen atoms in total. The van der Waals surface area contributed by atoms with Gasteiger partial charge in [0.1, 0.15) is 34.8 Å². The zero-order chi connectivity index (χ0) is 60.1. The van der Waals surface area contributed by atoms with Gasteiger partial charge in [-0.2, -0.15) is 0 Å². The van der Waals surface area contributed by atoms with Crippen LogP contribution in [0.4, 0.5) is 5.69 Å². The van der Waals surface area contributed by atoms with Crippen LogP contribution in [0.25, 0.3) is 17.4 Å². The number of benzene rings is 2. The number of carbonyl (C=O) groups is 1. The number of carboxylic acids is 1. The fraction of sp³-hybridized carbons (Fsp3) is 0.636. The minimum Gasteiger partial charge on any atom is -0.748 e. The van der Waals surface area contributed by atoms with E-state index in [4.69, 9.17) is 56.9 Å². The number of nitrogens with zero attached hydrogens (tertiary/aromatic N) is 2. The van der Waals surface area contributed by atoms with E-state index in [1.54, 1.807) is 32.3 Å². The third kappa shape index (κ3) is 29.8. The number of hydrogen-bond acceptors (Lipinski definition) is 22. The van der Waals surface area contributed by atoms with Crippen LogP contribution in [0.15, 0.2) is 69.6 Å². The second kappa shape index (κ2) is 40.4. The van der Waals surface area contributed by atoms with Crippen molar-refractivity contribution >= 4 is 48.1 Å². The summed E-state index contributed by atoms with van der Waals surface area (Å²) in [5.74, 6) is -1.20.